The fourth-order valence-corrected chi connectivity index (χ4v) is 6.59. The lowest BCUT2D eigenvalue weighted by Gasteiger charge is -2.35. The van der Waals surface area contributed by atoms with Crippen molar-refractivity contribution in [1.82, 2.24) is 16.0 Å². The van der Waals surface area contributed by atoms with E-state index >= 15 is 0 Å². The highest BCUT2D eigenvalue weighted by Crippen LogP contribution is 2.40. The van der Waals surface area contributed by atoms with E-state index in [1.807, 2.05) is 62.4 Å². The molecular formula is C34H43ClN4O6. The van der Waals surface area contributed by atoms with Crippen molar-refractivity contribution in [1.29, 1.82) is 0 Å². The largest absolute Gasteiger partial charge is 0.440 e. The lowest BCUT2D eigenvalue weighted by molar-refractivity contribution is -0.139. The van der Waals surface area contributed by atoms with Crippen LogP contribution in [-0.4, -0.2) is 48.2 Å². The molecule has 1 aliphatic heterocycles. The quantitative estimate of drug-likeness (QED) is 0.237. The Morgan fingerprint density at radius 2 is 1.67 bits per heavy atom. The smallest absolute Gasteiger partial charge is 0.408 e. The summed E-state index contributed by atoms with van der Waals surface area (Å²) in [4.78, 5) is 64.2. The van der Waals surface area contributed by atoms with Gasteiger partial charge in [0.05, 0.1) is 6.04 Å². The van der Waals surface area contributed by atoms with E-state index in [1.54, 1.807) is 6.07 Å². The highest BCUT2D eigenvalue weighted by atomic mass is 35.5. The van der Waals surface area contributed by atoms with E-state index in [0.717, 1.165) is 43.2 Å². The Bertz CT molecular complexity index is 1380. The summed E-state index contributed by atoms with van der Waals surface area (Å²) in [5.74, 6) is -3.46. The van der Waals surface area contributed by atoms with Gasteiger partial charge in [0.15, 0.2) is 0 Å². The van der Waals surface area contributed by atoms with Crippen molar-refractivity contribution in [3.63, 3.8) is 0 Å². The van der Waals surface area contributed by atoms with E-state index < -0.39 is 53.2 Å². The fourth-order valence-electron chi connectivity index (χ4n) is 6.40. The third-order valence-electron chi connectivity index (χ3n) is 9.01. The fraction of sp³-hybridized carbons (Fsp3) is 0.500. The van der Waals surface area contributed by atoms with Crippen LogP contribution in [0.15, 0.2) is 54.6 Å². The van der Waals surface area contributed by atoms with Crippen molar-refractivity contribution < 1.29 is 28.7 Å². The van der Waals surface area contributed by atoms with Gasteiger partial charge in [-0.05, 0) is 48.4 Å². The highest BCUT2D eigenvalue weighted by molar-refractivity contribution is 6.38. The molecule has 242 valence electrons. The van der Waals surface area contributed by atoms with Crippen LogP contribution >= 0.6 is 11.6 Å². The molecule has 1 heterocycles. The van der Waals surface area contributed by atoms with Gasteiger partial charge in [-0.25, -0.2) is 4.79 Å². The summed E-state index contributed by atoms with van der Waals surface area (Å²) in [6, 6.07) is 14.3. The minimum atomic E-state index is -1.30. The second-order valence-corrected chi connectivity index (χ2v) is 13.1. The van der Waals surface area contributed by atoms with Gasteiger partial charge in [0.25, 0.3) is 5.91 Å². The average molecular weight is 639 g/mol. The Hall–Kier alpha value is -3.92. The molecule has 2 fully saturated rings. The van der Waals surface area contributed by atoms with Crippen molar-refractivity contribution >= 4 is 41.2 Å². The Kier molecular flexibility index (Phi) is 11.6. The van der Waals surface area contributed by atoms with Crippen molar-refractivity contribution in [3.8, 4) is 0 Å². The summed E-state index contributed by atoms with van der Waals surface area (Å²) in [5.41, 5.74) is 6.20. The van der Waals surface area contributed by atoms with Crippen LogP contribution in [-0.2, 0) is 29.3 Å². The molecule has 10 nitrogen and oxygen atoms in total. The van der Waals surface area contributed by atoms with Crippen LogP contribution in [0.5, 0.6) is 0 Å². The molecule has 5 N–H and O–H groups in total. The number of Topliss-reactive ketones (excluding diaryl/α,β-unsaturated/α-hetero) is 1. The summed E-state index contributed by atoms with van der Waals surface area (Å²) in [6.07, 6.45) is 4.14. The summed E-state index contributed by atoms with van der Waals surface area (Å²) in [7, 11) is 0. The van der Waals surface area contributed by atoms with E-state index in [-0.39, 0.29) is 18.2 Å². The van der Waals surface area contributed by atoms with Gasteiger partial charge < -0.3 is 26.4 Å². The van der Waals surface area contributed by atoms with Crippen LogP contribution in [0.1, 0.15) is 82.4 Å². The first kappa shape index (κ1) is 34.0. The number of alkyl carbamates (subject to hydrolysis) is 1. The lowest BCUT2D eigenvalue weighted by Crippen LogP contribution is -2.54. The van der Waals surface area contributed by atoms with Crippen LogP contribution in [0.25, 0.3) is 0 Å². The van der Waals surface area contributed by atoms with E-state index in [4.69, 9.17) is 22.1 Å². The predicted octanol–water partition coefficient (Wildman–Crippen LogP) is 4.49. The predicted molar refractivity (Wildman–Crippen MR) is 170 cm³/mol. The number of carbonyl (C=O) groups excluding carboxylic acids is 5. The number of primary amides is 1. The van der Waals surface area contributed by atoms with Crippen LogP contribution in [0.2, 0.25) is 5.02 Å². The van der Waals surface area contributed by atoms with Gasteiger partial charge in [0, 0.05) is 22.9 Å². The summed E-state index contributed by atoms with van der Waals surface area (Å²) in [6.45, 7) is 4.35. The molecule has 45 heavy (non-hydrogen) atoms. The number of halogens is 1. The van der Waals surface area contributed by atoms with E-state index in [2.05, 4.69) is 16.0 Å². The third kappa shape index (κ3) is 9.06. The van der Waals surface area contributed by atoms with Crippen molar-refractivity contribution in [2.75, 3.05) is 6.54 Å². The summed E-state index contributed by atoms with van der Waals surface area (Å²) >= 11 is 6.31. The molecule has 0 aromatic heterocycles. The van der Waals surface area contributed by atoms with Gasteiger partial charge in [-0.2, -0.15) is 0 Å². The number of ether oxygens (including phenoxy) is 1. The first-order chi connectivity index (χ1) is 21.5. The molecular weight excluding hydrogens is 596 g/mol. The van der Waals surface area contributed by atoms with Gasteiger partial charge in [0.1, 0.15) is 12.1 Å². The van der Waals surface area contributed by atoms with Crippen molar-refractivity contribution in [3.05, 3.63) is 70.7 Å². The standard InChI is InChI=1S/C34H43ClN4O6/c1-34(2,24-14-9-15-25(35)20-24)29(22-12-7-4-8-13-22)45-33(44)39-27(18-21-10-5-3-6-11-21)32(43)38-26(28(40)30(36)41)19-23-16-17-37-31(23)42/h4,7-9,12-15,20-21,23,26-27,29H,3,5-6,10-11,16-19H2,1-2H3,(H2,36,41)(H,37,42)(H,38,43)(H,39,44)/t23-,26?,27?,29?/m0/s1. The Morgan fingerprint density at radius 3 is 2.29 bits per heavy atom. The second-order valence-electron chi connectivity index (χ2n) is 12.7. The van der Waals surface area contributed by atoms with Gasteiger partial charge in [-0.3, -0.25) is 19.2 Å². The van der Waals surface area contributed by atoms with E-state index in [0.29, 0.717) is 24.4 Å². The van der Waals surface area contributed by atoms with Crippen LogP contribution in [0, 0.1) is 11.8 Å². The molecule has 11 heteroatoms. The van der Waals surface area contributed by atoms with Gasteiger partial charge in [0.2, 0.25) is 17.6 Å². The molecule has 0 radical (unpaired) electrons. The third-order valence-corrected chi connectivity index (χ3v) is 9.25. The number of carbonyl (C=O) groups is 5. The SMILES string of the molecule is CC(C)(c1cccc(Cl)c1)C(OC(=O)NC(CC1CCCCC1)C(=O)NC(C[C@@H]1CCNC1=O)C(=O)C(N)=O)c1ccccc1. The topological polar surface area (TPSA) is 157 Å². The molecule has 2 aromatic carbocycles. The number of nitrogens with two attached hydrogens (primary N) is 1. The number of hydrogen-bond acceptors (Lipinski definition) is 6. The minimum absolute atomic E-state index is 0.0656. The van der Waals surface area contributed by atoms with Crippen molar-refractivity contribution in [2.24, 2.45) is 17.6 Å². The molecule has 1 saturated carbocycles. The normalized spacial score (nSPS) is 19.1. The number of rotatable bonds is 13. The zero-order valence-corrected chi connectivity index (χ0v) is 26.6. The maximum Gasteiger partial charge on any atom is 0.408 e. The monoisotopic (exact) mass is 638 g/mol. The molecule has 3 unspecified atom stereocenters. The molecule has 4 amide bonds. The van der Waals surface area contributed by atoms with Gasteiger partial charge >= 0.3 is 6.09 Å². The number of nitrogens with one attached hydrogen (secondary N) is 3. The summed E-state index contributed by atoms with van der Waals surface area (Å²) in [5, 5.41) is 8.65. The number of amides is 4. The molecule has 4 rings (SSSR count). The summed E-state index contributed by atoms with van der Waals surface area (Å²) < 4.78 is 6.11. The van der Waals surface area contributed by atoms with E-state index in [1.165, 1.54) is 0 Å². The molecule has 4 atom stereocenters. The Labute approximate surface area is 269 Å². The molecule has 1 aliphatic carbocycles. The van der Waals surface area contributed by atoms with Gasteiger partial charge in [-0.1, -0.05) is 100 Å². The van der Waals surface area contributed by atoms with Crippen molar-refractivity contribution in [2.45, 2.75) is 88.8 Å². The zero-order valence-electron chi connectivity index (χ0n) is 25.9. The van der Waals surface area contributed by atoms with E-state index in [9.17, 15) is 24.0 Å². The van der Waals surface area contributed by atoms with Crippen LogP contribution < -0.4 is 21.7 Å². The van der Waals surface area contributed by atoms with Crippen LogP contribution in [0.3, 0.4) is 0 Å². The Morgan fingerprint density at radius 1 is 0.956 bits per heavy atom. The maximum absolute atomic E-state index is 13.8. The lowest BCUT2D eigenvalue weighted by atomic mass is 9.76. The first-order valence-electron chi connectivity index (χ1n) is 15.7. The molecule has 2 aromatic rings. The first-order valence-corrected chi connectivity index (χ1v) is 16.0. The van der Waals surface area contributed by atoms with Crippen LogP contribution in [0.4, 0.5) is 4.79 Å². The number of benzene rings is 2. The maximum atomic E-state index is 13.8. The number of hydrogen-bond donors (Lipinski definition) is 4. The highest BCUT2D eigenvalue weighted by Gasteiger charge is 2.38. The van der Waals surface area contributed by atoms with Gasteiger partial charge in [-0.15, -0.1) is 0 Å². The molecule has 0 bridgehead atoms. The molecule has 2 aliphatic rings. The minimum Gasteiger partial charge on any atom is -0.440 e. The Balaban J connectivity index is 1.57. The average Bonchev–Trinajstić information content (AvgIpc) is 3.43. The number of ketones is 1. The zero-order chi connectivity index (χ0) is 32.6. The molecule has 1 saturated heterocycles. The molecule has 0 spiro atoms. The second kappa shape index (κ2) is 15.4.